The Morgan fingerprint density at radius 1 is 1.00 bits per heavy atom. The van der Waals surface area contributed by atoms with Crippen molar-refractivity contribution in [3.05, 3.63) is 112 Å². The summed E-state index contributed by atoms with van der Waals surface area (Å²) < 4.78 is 5.14. The maximum absolute atomic E-state index is 14.1. The topological polar surface area (TPSA) is 127 Å². The van der Waals surface area contributed by atoms with Gasteiger partial charge in [-0.2, -0.15) is 10.2 Å². The molecular formula is C29H22N8O2. The Labute approximate surface area is 222 Å². The van der Waals surface area contributed by atoms with Gasteiger partial charge in [-0.25, -0.2) is 14.8 Å². The van der Waals surface area contributed by atoms with Gasteiger partial charge < -0.3 is 5.11 Å². The zero-order chi connectivity index (χ0) is 26.5. The highest BCUT2D eigenvalue weighted by atomic mass is 16.3. The SMILES string of the molecule is N#Cc1ccc2ncn(-c3ncc4c(n3)n([C@@H]3CCC(O)c5ccccc53)c(=O)n4Cc3ccncc3)c2c1. The Hall–Kier alpha value is -5.14. The third-order valence-corrected chi connectivity index (χ3v) is 7.41. The molecule has 190 valence electrons. The van der Waals surface area contributed by atoms with Crippen LogP contribution in [0.1, 0.15) is 47.2 Å². The third kappa shape index (κ3) is 3.71. The van der Waals surface area contributed by atoms with Crippen LogP contribution in [0.25, 0.3) is 28.1 Å². The van der Waals surface area contributed by atoms with Crippen molar-refractivity contribution in [2.45, 2.75) is 31.5 Å². The minimum Gasteiger partial charge on any atom is -0.388 e. The second-order valence-electron chi connectivity index (χ2n) is 9.64. The van der Waals surface area contributed by atoms with E-state index in [0.29, 0.717) is 53.1 Å². The van der Waals surface area contributed by atoms with Crippen molar-refractivity contribution < 1.29 is 5.11 Å². The maximum atomic E-state index is 14.1. The van der Waals surface area contributed by atoms with Crippen molar-refractivity contribution in [1.29, 1.82) is 5.26 Å². The number of nitriles is 1. The molecule has 1 N–H and O–H groups in total. The first kappa shape index (κ1) is 23.0. The van der Waals surface area contributed by atoms with Gasteiger partial charge in [-0.1, -0.05) is 24.3 Å². The van der Waals surface area contributed by atoms with Crippen molar-refractivity contribution >= 4 is 22.2 Å². The fraction of sp³-hybridized carbons (Fsp3) is 0.172. The normalized spacial score (nSPS) is 16.8. The molecule has 0 radical (unpaired) electrons. The molecule has 1 unspecified atom stereocenters. The predicted molar refractivity (Wildman–Crippen MR) is 143 cm³/mol. The molecule has 0 amide bonds. The largest absolute Gasteiger partial charge is 0.388 e. The zero-order valence-electron chi connectivity index (χ0n) is 20.7. The van der Waals surface area contributed by atoms with Crippen LogP contribution in [0.2, 0.25) is 0 Å². The molecule has 7 rings (SSSR count). The number of fused-ring (bicyclic) bond motifs is 3. The van der Waals surface area contributed by atoms with Gasteiger partial charge in [0.2, 0.25) is 5.95 Å². The van der Waals surface area contributed by atoms with Crippen LogP contribution in [0.5, 0.6) is 0 Å². The molecular weight excluding hydrogens is 492 g/mol. The first-order chi connectivity index (χ1) is 19.1. The zero-order valence-corrected chi connectivity index (χ0v) is 20.7. The molecule has 1 aliphatic carbocycles. The van der Waals surface area contributed by atoms with Crippen LogP contribution in [-0.4, -0.2) is 38.7 Å². The summed E-state index contributed by atoms with van der Waals surface area (Å²) in [6, 6.07) is 18.6. The van der Waals surface area contributed by atoms with E-state index in [9.17, 15) is 15.2 Å². The van der Waals surface area contributed by atoms with E-state index < -0.39 is 6.10 Å². The molecule has 0 aliphatic heterocycles. The molecule has 0 saturated carbocycles. The minimum atomic E-state index is -0.574. The summed E-state index contributed by atoms with van der Waals surface area (Å²) in [5.41, 5.74) is 5.47. The summed E-state index contributed by atoms with van der Waals surface area (Å²) >= 11 is 0. The van der Waals surface area contributed by atoms with Crippen LogP contribution >= 0.6 is 0 Å². The Bertz CT molecular complexity index is 1970. The Morgan fingerprint density at radius 3 is 2.64 bits per heavy atom. The summed E-state index contributed by atoms with van der Waals surface area (Å²) in [6.45, 7) is 0.337. The summed E-state index contributed by atoms with van der Waals surface area (Å²) in [5.74, 6) is 0.346. The standard InChI is InChI=1S/C29H22N8O2/c30-14-19-5-6-22-24(13-19)36(17-33-22)28-32-15-25-27(34-28)37(29(39)35(25)16-18-9-11-31-12-10-18)23-7-8-26(38)21-4-2-1-3-20(21)23/h1-6,9-13,15,17,23,26,38H,7-8,16H2/t23-,26?/m1/s1. The molecule has 2 atom stereocenters. The van der Waals surface area contributed by atoms with E-state index in [1.165, 1.54) is 0 Å². The van der Waals surface area contributed by atoms with Crippen LogP contribution in [0, 0.1) is 11.3 Å². The van der Waals surface area contributed by atoms with Crippen molar-refractivity contribution in [3.63, 3.8) is 0 Å². The maximum Gasteiger partial charge on any atom is 0.331 e. The van der Waals surface area contributed by atoms with Gasteiger partial charge in [-0.3, -0.25) is 18.7 Å². The van der Waals surface area contributed by atoms with Crippen molar-refractivity contribution in [1.82, 2.24) is 33.6 Å². The first-order valence-electron chi connectivity index (χ1n) is 12.6. The van der Waals surface area contributed by atoms with Crippen LogP contribution in [0.4, 0.5) is 0 Å². The van der Waals surface area contributed by atoms with Gasteiger partial charge in [-0.15, -0.1) is 0 Å². The average molecular weight is 515 g/mol. The first-order valence-corrected chi connectivity index (χ1v) is 12.6. The number of aliphatic hydroxyl groups is 1. The fourth-order valence-corrected chi connectivity index (χ4v) is 5.52. The second kappa shape index (κ2) is 9.01. The molecule has 10 nitrogen and oxygen atoms in total. The number of aliphatic hydroxyl groups excluding tert-OH is 1. The molecule has 6 aromatic rings. The Balaban J connectivity index is 1.47. The molecule has 0 saturated heterocycles. The monoisotopic (exact) mass is 514 g/mol. The molecule has 2 aromatic carbocycles. The number of hydrogen-bond donors (Lipinski definition) is 1. The lowest BCUT2D eigenvalue weighted by Crippen LogP contribution is -2.31. The summed E-state index contributed by atoms with van der Waals surface area (Å²) in [7, 11) is 0. The van der Waals surface area contributed by atoms with Crippen LogP contribution in [-0.2, 0) is 6.54 Å². The molecule has 1 aliphatic rings. The summed E-state index contributed by atoms with van der Waals surface area (Å²) in [4.78, 5) is 32.2. The number of aromatic nitrogens is 7. The lowest BCUT2D eigenvalue weighted by molar-refractivity contribution is 0.147. The van der Waals surface area contributed by atoms with E-state index in [0.717, 1.165) is 16.7 Å². The number of hydrogen-bond acceptors (Lipinski definition) is 7. The highest BCUT2D eigenvalue weighted by Crippen LogP contribution is 2.38. The molecule has 39 heavy (non-hydrogen) atoms. The lowest BCUT2D eigenvalue weighted by Gasteiger charge is -2.29. The van der Waals surface area contributed by atoms with Gasteiger partial charge in [0, 0.05) is 12.4 Å². The van der Waals surface area contributed by atoms with Gasteiger partial charge in [0.25, 0.3) is 0 Å². The van der Waals surface area contributed by atoms with Crippen molar-refractivity contribution in [2.75, 3.05) is 0 Å². The van der Waals surface area contributed by atoms with E-state index >= 15 is 0 Å². The number of benzene rings is 2. The summed E-state index contributed by atoms with van der Waals surface area (Å²) in [6.07, 6.45) is 7.24. The molecule has 4 heterocycles. The molecule has 4 aromatic heterocycles. The van der Waals surface area contributed by atoms with Crippen molar-refractivity contribution in [3.8, 4) is 12.0 Å². The Kier molecular flexibility index (Phi) is 5.31. The summed E-state index contributed by atoms with van der Waals surface area (Å²) in [5, 5.41) is 20.1. The van der Waals surface area contributed by atoms with Gasteiger partial charge in [0.05, 0.1) is 47.6 Å². The number of pyridine rings is 1. The van der Waals surface area contributed by atoms with Crippen LogP contribution in [0.3, 0.4) is 0 Å². The van der Waals surface area contributed by atoms with E-state index in [2.05, 4.69) is 21.0 Å². The Morgan fingerprint density at radius 2 is 1.82 bits per heavy atom. The van der Waals surface area contributed by atoms with Gasteiger partial charge in [-0.05, 0) is 59.9 Å². The quantitative estimate of drug-likeness (QED) is 0.380. The highest BCUT2D eigenvalue weighted by Gasteiger charge is 2.31. The fourth-order valence-electron chi connectivity index (χ4n) is 5.52. The smallest absolute Gasteiger partial charge is 0.331 e. The van der Waals surface area contributed by atoms with Gasteiger partial charge in [0.15, 0.2) is 5.65 Å². The lowest BCUT2D eigenvalue weighted by atomic mass is 9.85. The third-order valence-electron chi connectivity index (χ3n) is 7.41. The van der Waals surface area contributed by atoms with Gasteiger partial charge >= 0.3 is 5.69 Å². The van der Waals surface area contributed by atoms with E-state index in [-0.39, 0.29) is 11.7 Å². The van der Waals surface area contributed by atoms with E-state index in [4.69, 9.17) is 4.98 Å². The van der Waals surface area contributed by atoms with E-state index in [1.807, 2.05) is 36.4 Å². The number of rotatable bonds is 4. The minimum absolute atomic E-state index is 0.202. The molecule has 0 bridgehead atoms. The number of imidazole rings is 2. The molecule has 0 spiro atoms. The number of nitrogens with zero attached hydrogens (tertiary/aromatic N) is 8. The van der Waals surface area contributed by atoms with Crippen LogP contribution < -0.4 is 5.69 Å². The average Bonchev–Trinajstić information content (AvgIpc) is 3.52. The van der Waals surface area contributed by atoms with Crippen molar-refractivity contribution in [2.24, 2.45) is 0 Å². The second-order valence-corrected chi connectivity index (χ2v) is 9.64. The predicted octanol–water partition coefficient (Wildman–Crippen LogP) is 3.66. The van der Waals surface area contributed by atoms with Gasteiger partial charge in [0.1, 0.15) is 11.8 Å². The van der Waals surface area contributed by atoms with Crippen LogP contribution in [0.15, 0.2) is 84.3 Å². The highest BCUT2D eigenvalue weighted by molar-refractivity contribution is 5.79. The molecule has 10 heteroatoms. The molecule has 0 fully saturated rings. The van der Waals surface area contributed by atoms with E-state index in [1.54, 1.807) is 56.8 Å².